The van der Waals surface area contributed by atoms with E-state index in [0.29, 0.717) is 11.8 Å². The van der Waals surface area contributed by atoms with Crippen LogP contribution in [0, 0.1) is 0 Å². The molecule has 0 atom stereocenters. The molecule has 12 aromatic rings. The van der Waals surface area contributed by atoms with Gasteiger partial charge >= 0.3 is 0 Å². The van der Waals surface area contributed by atoms with Crippen molar-refractivity contribution in [2.24, 2.45) is 0 Å². The first-order valence-electron chi connectivity index (χ1n) is 29.4. The highest BCUT2D eigenvalue weighted by Crippen LogP contribution is 2.50. The van der Waals surface area contributed by atoms with Gasteiger partial charge in [-0.3, -0.25) is 0 Å². The van der Waals surface area contributed by atoms with E-state index in [4.69, 9.17) is 4.74 Å². The predicted octanol–water partition coefficient (Wildman–Crippen LogP) is 18.8. The first kappa shape index (κ1) is 49.5. The number of aromatic nitrogens is 2. The first-order valence-corrected chi connectivity index (χ1v) is 28.9. The summed E-state index contributed by atoms with van der Waals surface area (Å²) >= 11 is 0. The van der Waals surface area contributed by atoms with E-state index in [1.165, 1.54) is 60.3 Å². The topological polar surface area (TPSA) is 22.3 Å². The predicted molar refractivity (Wildman–Crippen MR) is 347 cm³/mol. The van der Waals surface area contributed by atoms with Crippen LogP contribution in [0.15, 0.2) is 206 Å². The summed E-state index contributed by atoms with van der Waals surface area (Å²) < 4.78 is 21.9. The number of benzene rings is 10. The molecule has 4 heterocycles. The van der Waals surface area contributed by atoms with E-state index in [-0.39, 0.29) is 28.4 Å². The number of anilines is 3. The first-order chi connectivity index (χ1) is 39.1. The van der Waals surface area contributed by atoms with Crippen LogP contribution in [0.5, 0.6) is 11.5 Å². The standard InChI is InChI=1S/C76H70BN3O/c1-73(2,3)49-29-37-63-57(41-49)58-42-50(74(4,5)6)30-38-64(58)78(63)53-33-35-61-68(45-53)80(72-55(47-21-15-13-16-22-47)25-19-26-56(72)48-23-17-14-18-24-48)67-27-20-28-69-71(67)77(61)62-36-34-54(46-70(62)81-69)79-65-39-31-51(75(7,8)9)43-59(65)60-44-52(76(10,11)12)32-40-66(60)79/h13-46H,1-12H3/i20D. The lowest BCUT2D eigenvalue weighted by Crippen LogP contribution is -2.59. The minimum Gasteiger partial charge on any atom is -0.458 e. The Morgan fingerprint density at radius 1 is 0.370 bits per heavy atom. The molecule has 81 heavy (non-hydrogen) atoms. The van der Waals surface area contributed by atoms with Crippen molar-refractivity contribution in [1.82, 2.24) is 9.13 Å². The maximum absolute atomic E-state index is 9.73. The summed E-state index contributed by atoms with van der Waals surface area (Å²) in [7, 11) is 0. The molecule has 0 N–H and O–H groups in total. The van der Waals surface area contributed by atoms with Gasteiger partial charge in [0.05, 0.1) is 29.1 Å². The number of fused-ring (bicyclic) bond motifs is 10. The van der Waals surface area contributed by atoms with E-state index in [2.05, 4.69) is 291 Å². The summed E-state index contributed by atoms with van der Waals surface area (Å²) in [6, 6.07) is 74.9. The number of rotatable bonds is 5. The van der Waals surface area contributed by atoms with Crippen molar-refractivity contribution in [2.45, 2.75) is 105 Å². The Morgan fingerprint density at radius 3 is 1.22 bits per heavy atom. The fourth-order valence-electron chi connectivity index (χ4n) is 13.1. The zero-order valence-corrected chi connectivity index (χ0v) is 48.9. The molecule has 0 saturated heterocycles. The van der Waals surface area contributed by atoms with Crippen molar-refractivity contribution >= 4 is 83.8 Å². The largest absolute Gasteiger partial charge is 0.458 e. The van der Waals surface area contributed by atoms with Crippen LogP contribution < -0.4 is 26.0 Å². The molecule has 2 aliphatic rings. The van der Waals surface area contributed by atoms with Gasteiger partial charge in [0.2, 0.25) is 0 Å². The molecular formula is C76H70BN3O. The third-order valence-corrected chi connectivity index (χ3v) is 17.5. The molecule has 398 valence electrons. The van der Waals surface area contributed by atoms with Gasteiger partial charge < -0.3 is 18.8 Å². The Balaban J connectivity index is 1.04. The highest BCUT2D eigenvalue weighted by Gasteiger charge is 2.43. The molecule has 0 aliphatic carbocycles. The Kier molecular flexibility index (Phi) is 11.0. The number of nitrogens with zero attached hydrogens (tertiary/aromatic N) is 3. The van der Waals surface area contributed by atoms with Gasteiger partial charge in [0.25, 0.3) is 6.71 Å². The van der Waals surface area contributed by atoms with E-state index in [0.717, 1.165) is 78.4 Å². The van der Waals surface area contributed by atoms with Crippen LogP contribution in [-0.4, -0.2) is 15.8 Å². The summed E-state index contributed by atoms with van der Waals surface area (Å²) in [6.45, 7) is 27.4. The zero-order valence-electron chi connectivity index (χ0n) is 49.9. The lowest BCUT2D eigenvalue weighted by atomic mass is 9.34. The third-order valence-electron chi connectivity index (χ3n) is 17.5. The number of hydrogen-bond acceptors (Lipinski definition) is 2. The monoisotopic (exact) mass is 1050 g/mol. The molecule has 0 spiro atoms. The second-order valence-corrected chi connectivity index (χ2v) is 27.0. The third kappa shape index (κ3) is 8.17. The van der Waals surface area contributed by atoms with E-state index >= 15 is 0 Å². The molecule has 2 aromatic heterocycles. The molecular weight excluding hydrogens is 982 g/mol. The lowest BCUT2D eigenvalue weighted by Gasteiger charge is -2.41. The van der Waals surface area contributed by atoms with E-state index in [1.54, 1.807) is 0 Å². The molecule has 0 bridgehead atoms. The fraction of sp³-hybridized carbons (Fsp3) is 0.211. The van der Waals surface area contributed by atoms with Crippen LogP contribution in [0.3, 0.4) is 0 Å². The Bertz CT molecular complexity index is 4390. The molecule has 0 fully saturated rings. The smallest absolute Gasteiger partial charge is 0.256 e. The van der Waals surface area contributed by atoms with Crippen molar-refractivity contribution < 1.29 is 6.11 Å². The molecule has 0 unspecified atom stereocenters. The molecule has 0 amide bonds. The maximum Gasteiger partial charge on any atom is 0.256 e. The van der Waals surface area contributed by atoms with Gasteiger partial charge in [0.15, 0.2) is 0 Å². The van der Waals surface area contributed by atoms with Crippen LogP contribution in [0.2, 0.25) is 0 Å². The Morgan fingerprint density at radius 2 is 0.790 bits per heavy atom. The number of hydrogen-bond donors (Lipinski definition) is 0. The van der Waals surface area contributed by atoms with Gasteiger partial charge in [-0.2, -0.15) is 0 Å². The van der Waals surface area contributed by atoms with Crippen LogP contribution in [-0.2, 0) is 21.7 Å². The molecule has 4 nitrogen and oxygen atoms in total. The summed E-state index contributed by atoms with van der Waals surface area (Å²) in [6.07, 6.45) is 0. The van der Waals surface area contributed by atoms with Crippen LogP contribution in [0.25, 0.3) is 77.2 Å². The quantitative estimate of drug-likeness (QED) is 0.160. The average Bonchev–Trinajstić information content (AvgIpc) is 1.78. The molecule has 0 radical (unpaired) electrons. The minimum atomic E-state index is -0.212. The van der Waals surface area contributed by atoms with Gasteiger partial charge in [-0.25, -0.2) is 0 Å². The fourth-order valence-corrected chi connectivity index (χ4v) is 13.1. The Hall–Kier alpha value is -8.54. The second-order valence-electron chi connectivity index (χ2n) is 27.0. The van der Waals surface area contributed by atoms with Gasteiger partial charge in [-0.1, -0.05) is 204 Å². The highest BCUT2D eigenvalue weighted by molar-refractivity contribution is 6.99. The van der Waals surface area contributed by atoms with E-state index in [1.807, 2.05) is 6.07 Å². The molecule has 14 rings (SSSR count). The van der Waals surface area contributed by atoms with Crippen molar-refractivity contribution in [3.8, 4) is 45.1 Å². The summed E-state index contributed by atoms with van der Waals surface area (Å²) in [5.41, 5.74) is 22.7. The summed E-state index contributed by atoms with van der Waals surface area (Å²) in [4.78, 5) is 2.47. The normalized spacial score (nSPS) is 13.7. The van der Waals surface area contributed by atoms with Crippen LogP contribution >= 0.6 is 0 Å². The average molecular weight is 1050 g/mol. The van der Waals surface area contributed by atoms with Gasteiger partial charge in [0, 0.05) is 61.5 Å². The van der Waals surface area contributed by atoms with Crippen molar-refractivity contribution in [2.75, 3.05) is 4.90 Å². The van der Waals surface area contributed by atoms with Gasteiger partial charge in [0.1, 0.15) is 11.5 Å². The highest BCUT2D eigenvalue weighted by atomic mass is 16.5. The summed E-state index contributed by atoms with van der Waals surface area (Å²) in [5.74, 6) is 1.50. The molecule has 2 aliphatic heterocycles. The van der Waals surface area contributed by atoms with Gasteiger partial charge in [-0.15, -0.1) is 0 Å². The lowest BCUT2D eigenvalue weighted by molar-refractivity contribution is 0.487. The SMILES string of the molecule is [2H]c1cc2c3c(c1)N(c1c(-c4ccccc4)cccc1-c1ccccc1)c1cc(-n4c5ccc(C(C)(C)C)cc5c5cc(C(C)(C)C)ccc54)ccc1B3c1ccc(-n3c4ccc(C(C)(C)C)cc4c4cc(C(C)(C)C)ccc43)cc1O2. The van der Waals surface area contributed by atoms with Crippen molar-refractivity contribution in [3.05, 3.63) is 228 Å². The van der Waals surface area contributed by atoms with E-state index in [9.17, 15) is 1.37 Å². The van der Waals surface area contributed by atoms with Crippen LogP contribution in [0.4, 0.5) is 17.1 Å². The van der Waals surface area contributed by atoms with Crippen molar-refractivity contribution in [1.29, 1.82) is 0 Å². The molecule has 10 aromatic carbocycles. The summed E-state index contributed by atoms with van der Waals surface area (Å²) in [5, 5.41) is 4.99. The maximum atomic E-state index is 9.73. The number of para-hydroxylation sites is 1. The Labute approximate surface area is 479 Å². The van der Waals surface area contributed by atoms with Crippen LogP contribution in [0.1, 0.15) is 107 Å². The van der Waals surface area contributed by atoms with Crippen molar-refractivity contribution in [3.63, 3.8) is 0 Å². The molecule has 5 heteroatoms. The minimum absolute atomic E-state index is 0.0119. The van der Waals surface area contributed by atoms with Gasteiger partial charge in [-0.05, 0) is 150 Å². The van der Waals surface area contributed by atoms with E-state index < -0.39 is 0 Å². The zero-order chi connectivity index (χ0) is 56.9. The number of ether oxygens (including phenoxy) is 1. The molecule has 0 saturated carbocycles. The second kappa shape index (κ2) is 18.0.